The SMILES string of the molecule is CCn1c(=O)oc2ccc(CBr)cc21. The standard InChI is InChI=1S/C10H10BrNO2/c1-2-12-8-5-7(6-11)3-4-9(8)14-10(12)13/h3-5H,2,6H2,1H3. The third-order valence-electron chi connectivity index (χ3n) is 2.20. The molecule has 0 N–H and O–H groups in total. The van der Waals surface area contributed by atoms with Gasteiger partial charge < -0.3 is 4.42 Å². The maximum atomic E-state index is 11.4. The highest BCUT2D eigenvalue weighted by atomic mass is 79.9. The summed E-state index contributed by atoms with van der Waals surface area (Å²) in [5, 5.41) is 0.784. The monoisotopic (exact) mass is 255 g/mol. The lowest BCUT2D eigenvalue weighted by atomic mass is 10.2. The molecule has 1 aromatic carbocycles. The normalized spacial score (nSPS) is 11.0. The van der Waals surface area contributed by atoms with Gasteiger partial charge in [-0.25, -0.2) is 4.79 Å². The summed E-state index contributed by atoms with van der Waals surface area (Å²) in [6.45, 7) is 2.56. The molecular formula is C10H10BrNO2. The van der Waals surface area contributed by atoms with Crippen LogP contribution in [-0.2, 0) is 11.9 Å². The molecule has 2 aromatic rings. The zero-order chi connectivity index (χ0) is 10.1. The summed E-state index contributed by atoms with van der Waals surface area (Å²) in [6, 6.07) is 5.75. The third kappa shape index (κ3) is 1.39. The molecule has 0 aliphatic carbocycles. The van der Waals surface area contributed by atoms with E-state index in [1.165, 1.54) is 0 Å². The largest absolute Gasteiger partial charge is 0.419 e. The Labute approximate surface area is 89.5 Å². The van der Waals surface area contributed by atoms with Gasteiger partial charge in [0.15, 0.2) is 5.58 Å². The first-order chi connectivity index (χ1) is 6.76. The van der Waals surface area contributed by atoms with Crippen molar-refractivity contribution in [3.63, 3.8) is 0 Å². The first-order valence-corrected chi connectivity index (χ1v) is 5.56. The summed E-state index contributed by atoms with van der Waals surface area (Å²) < 4.78 is 6.71. The first kappa shape index (κ1) is 9.52. The van der Waals surface area contributed by atoms with Crippen molar-refractivity contribution in [1.29, 1.82) is 0 Å². The summed E-state index contributed by atoms with van der Waals surface area (Å²) in [5.74, 6) is -0.283. The van der Waals surface area contributed by atoms with Crippen molar-refractivity contribution in [1.82, 2.24) is 4.57 Å². The molecule has 0 aliphatic heterocycles. The van der Waals surface area contributed by atoms with Crippen LogP contribution >= 0.6 is 15.9 Å². The summed E-state index contributed by atoms with van der Waals surface area (Å²) >= 11 is 3.38. The van der Waals surface area contributed by atoms with E-state index in [1.807, 2.05) is 25.1 Å². The van der Waals surface area contributed by atoms with Crippen LogP contribution in [-0.4, -0.2) is 4.57 Å². The van der Waals surface area contributed by atoms with E-state index in [0.29, 0.717) is 12.1 Å². The van der Waals surface area contributed by atoms with Crippen LogP contribution in [0.1, 0.15) is 12.5 Å². The van der Waals surface area contributed by atoms with Crippen molar-refractivity contribution < 1.29 is 4.42 Å². The molecule has 4 heteroatoms. The fraction of sp³-hybridized carbons (Fsp3) is 0.300. The summed E-state index contributed by atoms with van der Waals surface area (Å²) in [6.07, 6.45) is 0. The van der Waals surface area contributed by atoms with E-state index in [4.69, 9.17) is 4.42 Å². The molecule has 0 fully saturated rings. The summed E-state index contributed by atoms with van der Waals surface area (Å²) in [7, 11) is 0. The molecule has 14 heavy (non-hydrogen) atoms. The molecule has 0 bridgehead atoms. The highest BCUT2D eigenvalue weighted by molar-refractivity contribution is 9.08. The Balaban J connectivity index is 2.77. The fourth-order valence-electron chi connectivity index (χ4n) is 1.49. The highest BCUT2D eigenvalue weighted by Gasteiger charge is 2.07. The van der Waals surface area contributed by atoms with Gasteiger partial charge in [-0.15, -0.1) is 0 Å². The Morgan fingerprint density at radius 2 is 2.29 bits per heavy atom. The van der Waals surface area contributed by atoms with E-state index in [0.717, 1.165) is 16.4 Å². The minimum Gasteiger partial charge on any atom is -0.408 e. The molecular weight excluding hydrogens is 246 g/mol. The molecule has 1 aromatic heterocycles. The van der Waals surface area contributed by atoms with Crippen LogP contribution < -0.4 is 5.76 Å². The maximum Gasteiger partial charge on any atom is 0.419 e. The van der Waals surface area contributed by atoms with Gasteiger partial charge in [-0.3, -0.25) is 4.57 Å². The number of halogens is 1. The number of aryl methyl sites for hydroxylation is 1. The van der Waals surface area contributed by atoms with Crippen molar-refractivity contribution in [3.05, 3.63) is 34.3 Å². The van der Waals surface area contributed by atoms with Gasteiger partial charge in [0.1, 0.15) is 0 Å². The molecule has 0 saturated heterocycles. The van der Waals surface area contributed by atoms with Crippen molar-refractivity contribution >= 4 is 27.0 Å². The second-order valence-electron chi connectivity index (χ2n) is 3.05. The van der Waals surface area contributed by atoms with Gasteiger partial charge in [0.25, 0.3) is 0 Å². The predicted molar refractivity (Wildman–Crippen MR) is 58.8 cm³/mol. The van der Waals surface area contributed by atoms with E-state index in [1.54, 1.807) is 4.57 Å². The quantitative estimate of drug-likeness (QED) is 0.774. The Hall–Kier alpha value is -1.03. The molecule has 1 heterocycles. The molecule has 0 spiro atoms. The predicted octanol–water partition coefficient (Wildman–Crippen LogP) is 2.51. The first-order valence-electron chi connectivity index (χ1n) is 4.44. The van der Waals surface area contributed by atoms with Crippen LogP contribution in [0, 0.1) is 0 Å². The molecule has 0 amide bonds. The maximum absolute atomic E-state index is 11.4. The number of oxazole rings is 1. The topological polar surface area (TPSA) is 35.1 Å². The number of hydrogen-bond acceptors (Lipinski definition) is 2. The molecule has 3 nitrogen and oxygen atoms in total. The lowest BCUT2D eigenvalue weighted by Crippen LogP contribution is -2.12. The number of fused-ring (bicyclic) bond motifs is 1. The fourth-order valence-corrected chi connectivity index (χ4v) is 1.84. The van der Waals surface area contributed by atoms with E-state index in [9.17, 15) is 4.79 Å². The van der Waals surface area contributed by atoms with Crippen molar-refractivity contribution in [2.24, 2.45) is 0 Å². The van der Waals surface area contributed by atoms with Crippen molar-refractivity contribution in [3.8, 4) is 0 Å². The van der Waals surface area contributed by atoms with Crippen LogP contribution in [0.4, 0.5) is 0 Å². The highest BCUT2D eigenvalue weighted by Crippen LogP contribution is 2.16. The van der Waals surface area contributed by atoms with E-state index in [2.05, 4.69) is 15.9 Å². The Morgan fingerprint density at radius 1 is 1.50 bits per heavy atom. The average Bonchev–Trinajstić information content (AvgIpc) is 2.52. The van der Waals surface area contributed by atoms with Crippen LogP contribution in [0.3, 0.4) is 0 Å². The third-order valence-corrected chi connectivity index (χ3v) is 2.85. The molecule has 0 atom stereocenters. The zero-order valence-corrected chi connectivity index (χ0v) is 9.37. The van der Waals surface area contributed by atoms with Gasteiger partial charge in [0.05, 0.1) is 5.52 Å². The lowest BCUT2D eigenvalue weighted by Gasteiger charge is -1.97. The van der Waals surface area contributed by atoms with Crippen LogP contribution in [0.5, 0.6) is 0 Å². The minimum atomic E-state index is -0.283. The molecule has 0 unspecified atom stereocenters. The minimum absolute atomic E-state index is 0.283. The number of hydrogen-bond donors (Lipinski definition) is 0. The van der Waals surface area contributed by atoms with Crippen molar-refractivity contribution in [2.75, 3.05) is 0 Å². The van der Waals surface area contributed by atoms with Gasteiger partial charge in [-0.2, -0.15) is 0 Å². The van der Waals surface area contributed by atoms with E-state index < -0.39 is 0 Å². The Morgan fingerprint density at radius 3 is 2.93 bits per heavy atom. The van der Waals surface area contributed by atoms with Crippen LogP contribution in [0.15, 0.2) is 27.4 Å². The smallest absolute Gasteiger partial charge is 0.408 e. The van der Waals surface area contributed by atoms with Crippen LogP contribution in [0.2, 0.25) is 0 Å². The molecule has 74 valence electrons. The van der Waals surface area contributed by atoms with Crippen LogP contribution in [0.25, 0.3) is 11.1 Å². The zero-order valence-electron chi connectivity index (χ0n) is 7.79. The van der Waals surface area contributed by atoms with E-state index >= 15 is 0 Å². The van der Waals surface area contributed by atoms with E-state index in [-0.39, 0.29) is 5.76 Å². The van der Waals surface area contributed by atoms with Gasteiger partial charge in [-0.05, 0) is 24.6 Å². The number of nitrogens with zero attached hydrogens (tertiary/aromatic N) is 1. The lowest BCUT2D eigenvalue weighted by molar-refractivity contribution is 0.513. The average molecular weight is 256 g/mol. The number of aromatic nitrogens is 1. The molecule has 2 rings (SSSR count). The molecule has 0 radical (unpaired) electrons. The molecule has 0 saturated carbocycles. The van der Waals surface area contributed by atoms with Gasteiger partial charge in [0, 0.05) is 11.9 Å². The van der Waals surface area contributed by atoms with Crippen molar-refractivity contribution in [2.45, 2.75) is 18.8 Å². The summed E-state index contributed by atoms with van der Waals surface area (Å²) in [5.41, 5.74) is 2.66. The van der Waals surface area contributed by atoms with Gasteiger partial charge >= 0.3 is 5.76 Å². The van der Waals surface area contributed by atoms with Gasteiger partial charge in [0.2, 0.25) is 0 Å². The number of benzene rings is 1. The Kier molecular flexibility index (Phi) is 2.46. The number of alkyl halides is 1. The number of rotatable bonds is 2. The second kappa shape index (κ2) is 3.61. The summed E-state index contributed by atoms with van der Waals surface area (Å²) in [4.78, 5) is 11.4. The second-order valence-corrected chi connectivity index (χ2v) is 3.61. The Bertz CT molecular complexity index is 512. The van der Waals surface area contributed by atoms with Gasteiger partial charge in [-0.1, -0.05) is 22.0 Å². The molecule has 0 aliphatic rings.